The van der Waals surface area contributed by atoms with Gasteiger partial charge in [-0.3, -0.25) is 0 Å². The number of nitrogens with zero attached hydrogens (tertiary/aromatic N) is 1. The number of para-hydroxylation sites is 1. The zero-order chi connectivity index (χ0) is 21.7. The first kappa shape index (κ1) is 22.3. The van der Waals surface area contributed by atoms with Gasteiger partial charge >= 0.3 is 0 Å². The van der Waals surface area contributed by atoms with Gasteiger partial charge in [-0.15, -0.1) is 0 Å². The average molecular weight is 443 g/mol. The molecule has 1 N–H and O–H groups in total. The monoisotopic (exact) mass is 442 g/mol. The fourth-order valence-corrected chi connectivity index (χ4v) is 5.91. The number of benzene rings is 2. The van der Waals surface area contributed by atoms with Crippen LogP contribution < -0.4 is 9.62 Å². The highest BCUT2D eigenvalue weighted by atomic mass is 32.2. The first-order valence-electron chi connectivity index (χ1n) is 11.4. The zero-order valence-corrected chi connectivity index (χ0v) is 19.1. The van der Waals surface area contributed by atoms with Crippen LogP contribution in [0, 0.1) is 5.92 Å². The largest absolute Gasteiger partial charge is 0.378 e. The zero-order valence-electron chi connectivity index (χ0n) is 18.3. The lowest BCUT2D eigenvalue weighted by molar-refractivity contribution is -0.00209. The number of hydrogen-bond acceptors (Lipinski definition) is 4. The number of piperidine rings is 1. The molecule has 0 spiro atoms. The summed E-state index contributed by atoms with van der Waals surface area (Å²) in [4.78, 5) is 2.35. The van der Waals surface area contributed by atoms with E-state index in [1.807, 2.05) is 18.2 Å². The van der Waals surface area contributed by atoms with E-state index in [1.165, 1.54) is 17.5 Å². The van der Waals surface area contributed by atoms with Gasteiger partial charge in [0.25, 0.3) is 0 Å². The molecule has 4 rings (SSSR count). The molecule has 6 heteroatoms. The summed E-state index contributed by atoms with van der Waals surface area (Å²) in [6.07, 6.45) is 6.75. The number of sulfonamides is 1. The van der Waals surface area contributed by atoms with E-state index in [9.17, 15) is 8.42 Å². The van der Waals surface area contributed by atoms with E-state index in [2.05, 4.69) is 52.1 Å². The maximum Gasteiger partial charge on any atom is 0.208 e. The fraction of sp³-hybridized carbons (Fsp3) is 0.520. The van der Waals surface area contributed by atoms with Gasteiger partial charge in [-0.2, -0.15) is 0 Å². The molecule has 31 heavy (non-hydrogen) atoms. The summed E-state index contributed by atoms with van der Waals surface area (Å²) in [6, 6.07) is 21.1. The van der Waals surface area contributed by atoms with Gasteiger partial charge in [0.1, 0.15) is 0 Å². The minimum atomic E-state index is -3.24. The van der Waals surface area contributed by atoms with Gasteiger partial charge in [0.05, 0.1) is 19.0 Å². The first-order chi connectivity index (χ1) is 15.0. The SMILES string of the molecule is CS(=O)(=O)NC1CCN(c2ccccc2)CC1CO[C@H]1CC[C@@H](c2ccccc2)CC1. The van der Waals surface area contributed by atoms with Crippen molar-refractivity contribution in [1.29, 1.82) is 0 Å². The van der Waals surface area contributed by atoms with Crippen molar-refractivity contribution in [2.24, 2.45) is 5.92 Å². The van der Waals surface area contributed by atoms with Crippen LogP contribution in [0.15, 0.2) is 60.7 Å². The molecule has 2 fully saturated rings. The molecular weight excluding hydrogens is 408 g/mol. The van der Waals surface area contributed by atoms with Crippen molar-refractivity contribution in [3.63, 3.8) is 0 Å². The van der Waals surface area contributed by atoms with Crippen LogP contribution in [0.3, 0.4) is 0 Å². The number of hydrogen-bond donors (Lipinski definition) is 1. The third kappa shape index (κ3) is 6.31. The Morgan fingerprint density at radius 3 is 2.23 bits per heavy atom. The van der Waals surface area contributed by atoms with Gasteiger partial charge in [-0.25, -0.2) is 13.1 Å². The molecule has 0 radical (unpaired) electrons. The Balaban J connectivity index is 1.34. The third-order valence-corrected chi connectivity index (χ3v) is 7.44. The maximum atomic E-state index is 11.9. The van der Waals surface area contributed by atoms with Gasteiger partial charge in [0.15, 0.2) is 0 Å². The van der Waals surface area contributed by atoms with Crippen molar-refractivity contribution in [2.75, 3.05) is 30.9 Å². The standard InChI is InChI=1S/C25H34N2O3S/c1-31(28,29)26-25-16-17-27(23-10-6-3-7-11-23)18-22(25)19-30-24-14-12-21(13-15-24)20-8-4-2-5-9-20/h2-11,21-22,24-26H,12-19H2,1H3/t21-,22?,24+,25?. The van der Waals surface area contributed by atoms with Gasteiger partial charge in [-0.1, -0.05) is 48.5 Å². The Hall–Kier alpha value is -1.89. The maximum absolute atomic E-state index is 11.9. The summed E-state index contributed by atoms with van der Waals surface area (Å²) in [6.45, 7) is 2.24. The Morgan fingerprint density at radius 1 is 0.935 bits per heavy atom. The van der Waals surface area contributed by atoms with Gasteiger partial charge in [0, 0.05) is 30.7 Å². The van der Waals surface area contributed by atoms with Crippen molar-refractivity contribution in [2.45, 2.75) is 50.2 Å². The first-order valence-corrected chi connectivity index (χ1v) is 13.3. The summed E-state index contributed by atoms with van der Waals surface area (Å²) in [5, 5.41) is 0. The van der Waals surface area contributed by atoms with Crippen molar-refractivity contribution < 1.29 is 13.2 Å². The van der Waals surface area contributed by atoms with Crippen LogP contribution >= 0.6 is 0 Å². The van der Waals surface area contributed by atoms with Gasteiger partial charge in [-0.05, 0) is 55.7 Å². The van der Waals surface area contributed by atoms with Crippen LogP contribution in [0.1, 0.15) is 43.6 Å². The Kier molecular flexibility index (Phi) is 7.31. The Morgan fingerprint density at radius 2 is 1.58 bits per heavy atom. The number of rotatable bonds is 7. The molecule has 1 aliphatic heterocycles. The predicted molar refractivity (Wildman–Crippen MR) is 126 cm³/mol. The van der Waals surface area contributed by atoms with E-state index in [-0.39, 0.29) is 18.1 Å². The summed E-state index contributed by atoms with van der Waals surface area (Å²) in [5.74, 6) is 0.763. The molecule has 2 aliphatic rings. The molecule has 1 aliphatic carbocycles. The van der Waals surface area contributed by atoms with Crippen molar-refractivity contribution in [1.82, 2.24) is 4.72 Å². The number of ether oxygens (including phenoxy) is 1. The van der Waals surface area contributed by atoms with E-state index in [4.69, 9.17) is 4.74 Å². The molecule has 0 aromatic heterocycles. The average Bonchev–Trinajstić information content (AvgIpc) is 2.79. The summed E-state index contributed by atoms with van der Waals surface area (Å²) in [7, 11) is -3.24. The van der Waals surface area contributed by atoms with Crippen LogP contribution in [0.2, 0.25) is 0 Å². The molecule has 2 aromatic carbocycles. The molecule has 5 nitrogen and oxygen atoms in total. The molecule has 168 valence electrons. The topological polar surface area (TPSA) is 58.6 Å². The van der Waals surface area contributed by atoms with Crippen molar-refractivity contribution in [3.05, 3.63) is 66.2 Å². The van der Waals surface area contributed by atoms with E-state index < -0.39 is 10.0 Å². The second-order valence-electron chi connectivity index (χ2n) is 9.04. The Bertz CT molecular complexity index is 912. The van der Waals surface area contributed by atoms with E-state index in [0.717, 1.165) is 45.2 Å². The minimum Gasteiger partial charge on any atom is -0.378 e. The number of anilines is 1. The quantitative estimate of drug-likeness (QED) is 0.699. The fourth-order valence-electron chi connectivity index (χ4n) is 5.05. The van der Waals surface area contributed by atoms with Crippen LogP contribution in [-0.4, -0.2) is 46.5 Å². The smallest absolute Gasteiger partial charge is 0.208 e. The normalized spacial score (nSPS) is 27.2. The summed E-state index contributed by atoms with van der Waals surface area (Å²) < 4.78 is 33.1. The second kappa shape index (κ2) is 10.2. The molecule has 0 amide bonds. The van der Waals surface area contributed by atoms with E-state index >= 15 is 0 Å². The molecular formula is C25H34N2O3S. The lowest BCUT2D eigenvalue weighted by Crippen LogP contribution is -2.52. The predicted octanol–water partition coefficient (Wildman–Crippen LogP) is 4.17. The molecule has 2 unspecified atom stereocenters. The van der Waals surface area contributed by atoms with Crippen LogP contribution in [-0.2, 0) is 14.8 Å². The molecule has 1 heterocycles. The number of nitrogens with one attached hydrogen (secondary N) is 1. The molecule has 2 atom stereocenters. The highest BCUT2D eigenvalue weighted by molar-refractivity contribution is 7.88. The molecule has 0 bridgehead atoms. The van der Waals surface area contributed by atoms with Crippen LogP contribution in [0.5, 0.6) is 0 Å². The highest BCUT2D eigenvalue weighted by Crippen LogP contribution is 2.34. The summed E-state index contributed by atoms with van der Waals surface area (Å²) >= 11 is 0. The van der Waals surface area contributed by atoms with Gasteiger partial charge in [0.2, 0.25) is 10.0 Å². The molecule has 1 saturated carbocycles. The van der Waals surface area contributed by atoms with Crippen molar-refractivity contribution in [3.8, 4) is 0 Å². The Labute approximate surface area is 186 Å². The van der Waals surface area contributed by atoms with Crippen molar-refractivity contribution >= 4 is 15.7 Å². The van der Waals surface area contributed by atoms with E-state index in [1.54, 1.807) is 0 Å². The second-order valence-corrected chi connectivity index (χ2v) is 10.8. The van der Waals surface area contributed by atoms with E-state index in [0.29, 0.717) is 12.5 Å². The molecule has 1 saturated heterocycles. The lowest BCUT2D eigenvalue weighted by Gasteiger charge is -2.40. The lowest BCUT2D eigenvalue weighted by atomic mass is 9.82. The van der Waals surface area contributed by atoms with Crippen LogP contribution in [0.25, 0.3) is 0 Å². The minimum absolute atomic E-state index is 0.0735. The van der Waals surface area contributed by atoms with Gasteiger partial charge < -0.3 is 9.64 Å². The highest BCUT2D eigenvalue weighted by Gasteiger charge is 2.32. The van der Waals surface area contributed by atoms with Crippen LogP contribution in [0.4, 0.5) is 5.69 Å². The third-order valence-electron chi connectivity index (χ3n) is 6.71. The molecule has 2 aromatic rings. The summed E-state index contributed by atoms with van der Waals surface area (Å²) in [5.41, 5.74) is 2.62.